The molecule has 27 heavy (non-hydrogen) atoms. The Morgan fingerprint density at radius 2 is 1.74 bits per heavy atom. The molecule has 0 bridgehead atoms. The number of nitrogens with one attached hydrogen (secondary N) is 1. The highest BCUT2D eigenvalue weighted by atomic mass is 16.5. The molecule has 1 fully saturated rings. The van der Waals surface area contributed by atoms with Gasteiger partial charge >= 0.3 is 0 Å². The number of ether oxygens (including phenoxy) is 1. The lowest BCUT2D eigenvalue weighted by Crippen LogP contribution is -2.43. The van der Waals surface area contributed by atoms with Crippen molar-refractivity contribution in [2.45, 2.75) is 6.17 Å². The lowest BCUT2D eigenvalue weighted by molar-refractivity contribution is 0.0108. The predicted octanol–water partition coefficient (Wildman–Crippen LogP) is 2.74. The van der Waals surface area contributed by atoms with Crippen LogP contribution < -0.4 is 5.56 Å². The van der Waals surface area contributed by atoms with E-state index >= 15 is 0 Å². The summed E-state index contributed by atoms with van der Waals surface area (Å²) in [5.41, 5.74) is 3.93. The van der Waals surface area contributed by atoms with Crippen molar-refractivity contribution in [1.82, 2.24) is 19.4 Å². The summed E-state index contributed by atoms with van der Waals surface area (Å²) in [6, 6.07) is 15.8. The first-order valence-electron chi connectivity index (χ1n) is 9.27. The Kier molecular flexibility index (Phi) is 3.09. The highest BCUT2D eigenvalue weighted by Gasteiger charge is 2.38. The average molecular weight is 358 g/mol. The number of hydrogen-bond donors (Lipinski definition) is 1. The van der Waals surface area contributed by atoms with E-state index in [-0.39, 0.29) is 11.7 Å². The minimum atomic E-state index is -0.153. The monoisotopic (exact) mass is 358 g/mol. The summed E-state index contributed by atoms with van der Waals surface area (Å²) in [5, 5.41) is 1.81. The quantitative estimate of drug-likeness (QED) is 0.568. The van der Waals surface area contributed by atoms with Crippen LogP contribution in [0.4, 0.5) is 0 Å². The van der Waals surface area contributed by atoms with Gasteiger partial charge in [0.05, 0.1) is 29.8 Å². The maximum absolute atomic E-state index is 13.4. The van der Waals surface area contributed by atoms with Gasteiger partial charge in [-0.25, -0.2) is 4.98 Å². The van der Waals surface area contributed by atoms with E-state index in [1.165, 1.54) is 0 Å². The van der Waals surface area contributed by atoms with Crippen molar-refractivity contribution in [2.24, 2.45) is 0 Å². The number of morpholine rings is 1. The molecule has 0 amide bonds. The molecule has 1 N–H and O–H groups in total. The summed E-state index contributed by atoms with van der Waals surface area (Å²) < 4.78 is 7.41. The maximum Gasteiger partial charge on any atom is 0.263 e. The van der Waals surface area contributed by atoms with Gasteiger partial charge in [0.1, 0.15) is 6.17 Å². The zero-order valence-electron chi connectivity index (χ0n) is 14.7. The van der Waals surface area contributed by atoms with Crippen molar-refractivity contribution in [3.63, 3.8) is 0 Å². The van der Waals surface area contributed by atoms with Crippen molar-refractivity contribution in [3.05, 3.63) is 64.4 Å². The Morgan fingerprint density at radius 3 is 2.59 bits per heavy atom. The first kappa shape index (κ1) is 15.1. The van der Waals surface area contributed by atoms with Crippen molar-refractivity contribution < 1.29 is 4.74 Å². The van der Waals surface area contributed by atoms with Gasteiger partial charge in [-0.15, -0.1) is 0 Å². The second kappa shape index (κ2) is 5.52. The van der Waals surface area contributed by atoms with Gasteiger partial charge in [-0.3, -0.25) is 14.3 Å². The Morgan fingerprint density at radius 1 is 1.00 bits per heavy atom. The van der Waals surface area contributed by atoms with Gasteiger partial charge in [-0.2, -0.15) is 0 Å². The molecule has 1 saturated heterocycles. The standard InChI is InChI=1S/C21H18N4O2/c26-21-14-6-2-4-8-16(14)23-19-18-17(13-5-1-3-7-15(13)22-18)20(25(19)21)24-9-11-27-12-10-24/h1-8,20,22H,9-12H2. The van der Waals surface area contributed by atoms with E-state index in [1.807, 2.05) is 41.0 Å². The molecule has 6 heteroatoms. The smallest absolute Gasteiger partial charge is 0.263 e. The molecule has 4 aromatic rings. The third-order valence-electron chi connectivity index (χ3n) is 5.67. The Labute approximate surface area is 155 Å². The van der Waals surface area contributed by atoms with Crippen LogP contribution in [0.2, 0.25) is 0 Å². The number of benzene rings is 2. The summed E-state index contributed by atoms with van der Waals surface area (Å²) in [6.07, 6.45) is -0.153. The first-order chi connectivity index (χ1) is 13.3. The number of aromatic nitrogens is 3. The van der Waals surface area contributed by atoms with Crippen LogP contribution >= 0.6 is 0 Å². The average Bonchev–Trinajstić information content (AvgIpc) is 3.24. The third-order valence-corrected chi connectivity index (χ3v) is 5.67. The van der Waals surface area contributed by atoms with Crippen molar-refractivity contribution in [1.29, 1.82) is 0 Å². The van der Waals surface area contributed by atoms with Crippen LogP contribution in [0.5, 0.6) is 0 Å². The molecule has 6 rings (SSSR count). The number of rotatable bonds is 1. The fraction of sp³-hybridized carbons (Fsp3) is 0.238. The largest absolute Gasteiger partial charge is 0.379 e. The first-order valence-corrected chi connectivity index (χ1v) is 9.27. The van der Waals surface area contributed by atoms with Gasteiger partial charge in [0.15, 0.2) is 5.82 Å². The molecule has 134 valence electrons. The summed E-state index contributed by atoms with van der Waals surface area (Å²) >= 11 is 0. The van der Waals surface area contributed by atoms with Gasteiger partial charge in [-0.05, 0) is 18.2 Å². The van der Waals surface area contributed by atoms with Crippen molar-refractivity contribution in [3.8, 4) is 11.5 Å². The number of H-pyrrole nitrogens is 1. The molecule has 2 aliphatic rings. The molecule has 1 atom stereocenters. The summed E-state index contributed by atoms with van der Waals surface area (Å²) in [7, 11) is 0. The molecule has 1 unspecified atom stereocenters. The van der Waals surface area contributed by atoms with Crippen LogP contribution in [0.3, 0.4) is 0 Å². The summed E-state index contributed by atoms with van der Waals surface area (Å²) in [4.78, 5) is 24.1. The Bertz CT molecular complexity index is 1250. The number of para-hydroxylation sites is 2. The molecular formula is C21H18N4O2. The lowest BCUT2D eigenvalue weighted by Gasteiger charge is -2.33. The normalized spacial score (nSPS) is 19.5. The molecule has 2 aromatic heterocycles. The van der Waals surface area contributed by atoms with Crippen LogP contribution in [0.1, 0.15) is 11.7 Å². The lowest BCUT2D eigenvalue weighted by atomic mass is 10.1. The Hall–Kier alpha value is -2.96. The van der Waals surface area contributed by atoms with Gasteiger partial charge in [0, 0.05) is 29.6 Å². The van der Waals surface area contributed by atoms with E-state index in [4.69, 9.17) is 9.72 Å². The fourth-order valence-corrected chi connectivity index (χ4v) is 4.45. The SMILES string of the molecule is O=c1c2ccccc2nc2n1C(N1CCOCC1)c1c-2[nH]c2ccccc12. The van der Waals surface area contributed by atoms with E-state index in [2.05, 4.69) is 22.0 Å². The number of hydrogen-bond acceptors (Lipinski definition) is 4. The summed E-state index contributed by atoms with van der Waals surface area (Å²) in [5.74, 6) is 0.724. The minimum Gasteiger partial charge on any atom is -0.379 e. The van der Waals surface area contributed by atoms with Crippen LogP contribution in [0.15, 0.2) is 53.3 Å². The molecule has 0 spiro atoms. The van der Waals surface area contributed by atoms with Crippen LogP contribution in [0, 0.1) is 0 Å². The van der Waals surface area contributed by atoms with Crippen molar-refractivity contribution >= 4 is 21.8 Å². The van der Waals surface area contributed by atoms with Crippen molar-refractivity contribution in [2.75, 3.05) is 26.3 Å². The zero-order valence-corrected chi connectivity index (χ0v) is 14.7. The zero-order chi connectivity index (χ0) is 18.0. The van der Waals surface area contributed by atoms with E-state index in [0.29, 0.717) is 18.6 Å². The van der Waals surface area contributed by atoms with Crippen LogP contribution in [0.25, 0.3) is 33.3 Å². The molecule has 6 nitrogen and oxygen atoms in total. The van der Waals surface area contributed by atoms with E-state index in [1.54, 1.807) is 0 Å². The van der Waals surface area contributed by atoms with Gasteiger partial charge in [-0.1, -0.05) is 30.3 Å². The van der Waals surface area contributed by atoms with Crippen LogP contribution in [-0.2, 0) is 4.74 Å². The predicted molar refractivity (Wildman–Crippen MR) is 104 cm³/mol. The fourth-order valence-electron chi connectivity index (χ4n) is 4.45. The second-order valence-corrected chi connectivity index (χ2v) is 7.11. The van der Waals surface area contributed by atoms with E-state index in [0.717, 1.165) is 46.6 Å². The third kappa shape index (κ3) is 2.02. The molecule has 2 aromatic carbocycles. The van der Waals surface area contributed by atoms with Gasteiger partial charge in [0.25, 0.3) is 5.56 Å². The molecular weight excluding hydrogens is 340 g/mol. The number of aromatic amines is 1. The van der Waals surface area contributed by atoms with Gasteiger partial charge in [0.2, 0.25) is 0 Å². The van der Waals surface area contributed by atoms with E-state index in [9.17, 15) is 4.79 Å². The molecule has 2 aliphatic heterocycles. The van der Waals surface area contributed by atoms with E-state index < -0.39 is 0 Å². The summed E-state index contributed by atoms with van der Waals surface area (Å²) in [6.45, 7) is 2.95. The highest BCUT2D eigenvalue weighted by Crippen LogP contribution is 2.43. The molecule has 0 aliphatic carbocycles. The minimum absolute atomic E-state index is 0.0146. The number of fused-ring (bicyclic) bond motifs is 6. The molecule has 0 saturated carbocycles. The topological polar surface area (TPSA) is 63.1 Å². The van der Waals surface area contributed by atoms with Crippen LogP contribution in [-0.4, -0.2) is 45.7 Å². The highest BCUT2D eigenvalue weighted by molar-refractivity contribution is 5.93. The Balaban J connectivity index is 1.71. The molecule has 0 radical (unpaired) electrons. The number of nitrogens with zero attached hydrogens (tertiary/aromatic N) is 3. The second-order valence-electron chi connectivity index (χ2n) is 7.11. The van der Waals surface area contributed by atoms with Gasteiger partial charge < -0.3 is 9.72 Å². The molecule has 4 heterocycles. The maximum atomic E-state index is 13.4.